The van der Waals surface area contributed by atoms with Gasteiger partial charge in [-0.05, 0) is 50.7 Å². The van der Waals surface area contributed by atoms with Gasteiger partial charge in [0.05, 0.1) is 40.1 Å². The average molecular weight is 455 g/mol. The summed E-state index contributed by atoms with van der Waals surface area (Å²) in [6.45, 7) is 10.4. The van der Waals surface area contributed by atoms with E-state index in [4.69, 9.17) is 33.0 Å². The number of likely N-dealkylation sites (N-methyl/N-ethyl adjacent to an activating group) is 1. The highest BCUT2D eigenvalue weighted by Gasteiger charge is 2.13. The number of carbonyl (C=O) groups excluding carboxylic acids is 1. The van der Waals surface area contributed by atoms with Crippen LogP contribution in [0.25, 0.3) is 0 Å². The normalized spacial score (nSPS) is 10.2. The Kier molecular flexibility index (Phi) is 11.3. The van der Waals surface area contributed by atoms with E-state index in [1.807, 2.05) is 32.6 Å². The van der Waals surface area contributed by atoms with E-state index in [0.717, 1.165) is 18.7 Å². The molecule has 0 unspecified atom stereocenters. The zero-order valence-electron chi connectivity index (χ0n) is 17.7. The SMILES string of the molecule is CCOC(=O)CN(CC)CC.Cc1ccc(Cl)c(Nc2ccccc2C(=O)O)c1Cl. The summed E-state index contributed by atoms with van der Waals surface area (Å²) in [5.41, 5.74) is 1.99. The summed E-state index contributed by atoms with van der Waals surface area (Å²) in [5, 5.41) is 13.0. The lowest BCUT2D eigenvalue weighted by atomic mass is 10.1. The van der Waals surface area contributed by atoms with E-state index < -0.39 is 5.97 Å². The number of nitrogens with zero attached hydrogens (tertiary/aromatic N) is 1. The molecule has 0 amide bonds. The molecule has 0 aromatic heterocycles. The Morgan fingerprint density at radius 2 is 1.70 bits per heavy atom. The first-order chi connectivity index (χ1) is 14.2. The number of carboxylic acid groups (broad SMARTS) is 1. The fourth-order valence-electron chi connectivity index (χ4n) is 2.52. The highest BCUT2D eigenvalue weighted by atomic mass is 35.5. The predicted molar refractivity (Wildman–Crippen MR) is 122 cm³/mol. The first-order valence-corrected chi connectivity index (χ1v) is 10.4. The number of carbonyl (C=O) groups is 2. The van der Waals surface area contributed by atoms with Crippen LogP contribution < -0.4 is 5.32 Å². The van der Waals surface area contributed by atoms with Crippen LogP contribution in [0.4, 0.5) is 11.4 Å². The lowest BCUT2D eigenvalue weighted by Gasteiger charge is -2.15. The summed E-state index contributed by atoms with van der Waals surface area (Å²) < 4.78 is 4.80. The van der Waals surface area contributed by atoms with E-state index >= 15 is 0 Å². The number of anilines is 2. The molecule has 0 heterocycles. The van der Waals surface area contributed by atoms with Gasteiger partial charge in [-0.15, -0.1) is 0 Å². The third kappa shape index (κ3) is 7.86. The molecular weight excluding hydrogens is 427 g/mol. The minimum absolute atomic E-state index is 0.129. The Morgan fingerprint density at radius 3 is 2.27 bits per heavy atom. The standard InChI is InChI=1S/C14H11Cl2NO2.C8H17NO2/c1-8-6-7-10(15)13(12(8)16)17-11-5-3-2-4-9(11)14(18)19;1-4-9(5-2)7-8(10)11-6-3/h2-7,17H,1H3,(H,18,19);4-7H2,1-3H3. The van der Waals surface area contributed by atoms with Crippen molar-refractivity contribution in [1.29, 1.82) is 0 Å². The first kappa shape index (κ1) is 25.8. The van der Waals surface area contributed by atoms with E-state index in [1.165, 1.54) is 6.07 Å². The maximum absolute atomic E-state index is 11.1. The van der Waals surface area contributed by atoms with Gasteiger partial charge >= 0.3 is 11.9 Å². The van der Waals surface area contributed by atoms with Crippen LogP contribution in [0.5, 0.6) is 0 Å². The number of hydrogen-bond donors (Lipinski definition) is 2. The molecule has 2 aromatic rings. The molecular formula is C22H28Cl2N2O4. The highest BCUT2D eigenvalue weighted by molar-refractivity contribution is 6.39. The topological polar surface area (TPSA) is 78.9 Å². The van der Waals surface area contributed by atoms with Gasteiger partial charge in [0.15, 0.2) is 0 Å². The second kappa shape index (κ2) is 13.1. The third-order valence-corrected chi connectivity index (χ3v) is 5.06. The molecule has 0 aliphatic carbocycles. The Morgan fingerprint density at radius 1 is 1.07 bits per heavy atom. The number of hydrogen-bond acceptors (Lipinski definition) is 5. The summed E-state index contributed by atoms with van der Waals surface area (Å²) in [5.74, 6) is -1.14. The molecule has 0 saturated carbocycles. The lowest BCUT2D eigenvalue weighted by Crippen LogP contribution is -2.30. The summed E-state index contributed by atoms with van der Waals surface area (Å²) in [6, 6.07) is 10.1. The Bertz CT molecular complexity index is 855. The van der Waals surface area contributed by atoms with E-state index in [0.29, 0.717) is 34.6 Å². The quantitative estimate of drug-likeness (QED) is 0.502. The van der Waals surface area contributed by atoms with Gasteiger partial charge < -0.3 is 15.2 Å². The minimum Gasteiger partial charge on any atom is -0.478 e. The van der Waals surface area contributed by atoms with Gasteiger partial charge in [-0.1, -0.05) is 55.2 Å². The molecule has 30 heavy (non-hydrogen) atoms. The Balaban J connectivity index is 0.000000352. The molecule has 0 aliphatic heterocycles. The van der Waals surface area contributed by atoms with Crippen LogP contribution in [-0.2, 0) is 9.53 Å². The molecule has 0 aliphatic rings. The molecule has 2 N–H and O–H groups in total. The maximum atomic E-state index is 11.1. The van der Waals surface area contributed by atoms with Crippen molar-refractivity contribution in [2.75, 3.05) is 31.6 Å². The van der Waals surface area contributed by atoms with E-state index in [2.05, 4.69) is 5.32 Å². The molecule has 0 bridgehead atoms. The van der Waals surface area contributed by atoms with Gasteiger partial charge in [-0.25, -0.2) is 4.79 Å². The van der Waals surface area contributed by atoms with Crippen molar-refractivity contribution in [2.45, 2.75) is 27.7 Å². The van der Waals surface area contributed by atoms with Gasteiger partial charge in [0, 0.05) is 0 Å². The molecule has 2 aromatic carbocycles. The Hall–Kier alpha value is -2.28. The molecule has 6 nitrogen and oxygen atoms in total. The van der Waals surface area contributed by atoms with Gasteiger partial charge in [0.2, 0.25) is 0 Å². The number of nitrogens with one attached hydrogen (secondary N) is 1. The lowest BCUT2D eigenvalue weighted by molar-refractivity contribution is -0.144. The van der Waals surface area contributed by atoms with Crippen molar-refractivity contribution in [1.82, 2.24) is 4.90 Å². The smallest absolute Gasteiger partial charge is 0.337 e. The first-order valence-electron chi connectivity index (χ1n) is 9.66. The second-order valence-corrected chi connectivity index (χ2v) is 7.08. The molecule has 2 rings (SSSR count). The number of halogens is 2. The van der Waals surface area contributed by atoms with Gasteiger partial charge in [0.25, 0.3) is 0 Å². The molecule has 0 fully saturated rings. The van der Waals surface area contributed by atoms with E-state index in [-0.39, 0.29) is 11.5 Å². The van der Waals surface area contributed by atoms with Gasteiger partial charge in [-0.3, -0.25) is 9.69 Å². The van der Waals surface area contributed by atoms with Crippen LogP contribution >= 0.6 is 23.2 Å². The Labute approximate surface area is 187 Å². The van der Waals surface area contributed by atoms with Crippen LogP contribution in [0.3, 0.4) is 0 Å². The number of benzene rings is 2. The largest absolute Gasteiger partial charge is 0.478 e. The van der Waals surface area contributed by atoms with Crippen molar-refractivity contribution in [3.05, 3.63) is 57.6 Å². The minimum atomic E-state index is -1.01. The van der Waals surface area contributed by atoms with Crippen LogP contribution in [0.2, 0.25) is 10.0 Å². The molecule has 0 saturated heterocycles. The number of rotatable bonds is 8. The predicted octanol–water partition coefficient (Wildman–Crippen LogP) is 5.63. The number of para-hydroxylation sites is 1. The van der Waals surface area contributed by atoms with Crippen molar-refractivity contribution in [3.8, 4) is 0 Å². The zero-order valence-corrected chi connectivity index (χ0v) is 19.2. The molecule has 0 radical (unpaired) electrons. The monoisotopic (exact) mass is 454 g/mol. The summed E-state index contributed by atoms with van der Waals surface area (Å²) in [4.78, 5) is 24.1. The number of aromatic carboxylic acids is 1. The fourth-order valence-corrected chi connectivity index (χ4v) is 2.99. The maximum Gasteiger partial charge on any atom is 0.337 e. The van der Waals surface area contributed by atoms with E-state index in [9.17, 15) is 9.59 Å². The molecule has 164 valence electrons. The number of esters is 1. The van der Waals surface area contributed by atoms with Crippen LogP contribution in [-0.4, -0.2) is 48.2 Å². The number of aryl methyl sites for hydroxylation is 1. The summed E-state index contributed by atoms with van der Waals surface area (Å²) >= 11 is 12.3. The number of ether oxygens (including phenoxy) is 1. The molecule has 0 spiro atoms. The van der Waals surface area contributed by atoms with Crippen molar-refractivity contribution in [2.24, 2.45) is 0 Å². The summed E-state index contributed by atoms with van der Waals surface area (Å²) in [7, 11) is 0. The van der Waals surface area contributed by atoms with Crippen LogP contribution in [0, 0.1) is 6.92 Å². The van der Waals surface area contributed by atoms with Crippen molar-refractivity contribution < 1.29 is 19.4 Å². The summed E-state index contributed by atoms with van der Waals surface area (Å²) in [6.07, 6.45) is 0. The molecule has 8 heteroatoms. The van der Waals surface area contributed by atoms with E-state index in [1.54, 1.807) is 30.3 Å². The highest BCUT2D eigenvalue weighted by Crippen LogP contribution is 2.35. The van der Waals surface area contributed by atoms with Gasteiger partial charge in [0.1, 0.15) is 0 Å². The zero-order chi connectivity index (χ0) is 22.7. The van der Waals surface area contributed by atoms with Crippen molar-refractivity contribution in [3.63, 3.8) is 0 Å². The van der Waals surface area contributed by atoms with Crippen LogP contribution in [0.1, 0.15) is 36.7 Å². The average Bonchev–Trinajstić information content (AvgIpc) is 2.73. The third-order valence-electron chi connectivity index (χ3n) is 4.25. The second-order valence-electron chi connectivity index (χ2n) is 6.30. The molecule has 0 atom stereocenters. The fraction of sp³-hybridized carbons (Fsp3) is 0.364. The van der Waals surface area contributed by atoms with Crippen molar-refractivity contribution >= 4 is 46.5 Å². The number of carboxylic acids is 1. The van der Waals surface area contributed by atoms with Gasteiger partial charge in [-0.2, -0.15) is 0 Å². The van der Waals surface area contributed by atoms with Crippen LogP contribution in [0.15, 0.2) is 36.4 Å².